The minimum Gasteiger partial charge on any atom is -0.379 e. The van der Waals surface area contributed by atoms with Crippen molar-refractivity contribution in [2.24, 2.45) is 0 Å². The van der Waals surface area contributed by atoms with Gasteiger partial charge in [0.05, 0.1) is 24.2 Å². The molecule has 1 aliphatic heterocycles. The fraction of sp³-hybridized carbons (Fsp3) is 0.667. The highest BCUT2D eigenvalue weighted by Crippen LogP contribution is 2.24. The van der Waals surface area contributed by atoms with Gasteiger partial charge in [0.25, 0.3) is 5.91 Å². The summed E-state index contributed by atoms with van der Waals surface area (Å²) >= 11 is 0. The Bertz CT molecular complexity index is 798. The molecule has 0 unspecified atom stereocenters. The lowest BCUT2D eigenvalue weighted by Gasteiger charge is -2.27. The molecular weight excluding hydrogens is 390 g/mol. The molecule has 1 saturated carbocycles. The van der Waals surface area contributed by atoms with E-state index in [1.807, 2.05) is 6.92 Å². The average molecular weight is 425 g/mol. The van der Waals surface area contributed by atoms with Gasteiger partial charge in [0.15, 0.2) is 6.04 Å². The van der Waals surface area contributed by atoms with Gasteiger partial charge in [-0.25, -0.2) is 8.42 Å². The summed E-state index contributed by atoms with van der Waals surface area (Å²) in [5.74, 6) is -0.0900. The van der Waals surface area contributed by atoms with Crippen molar-refractivity contribution in [3.63, 3.8) is 0 Å². The number of nitrogens with zero attached hydrogens (tertiary/aromatic N) is 1. The lowest BCUT2D eigenvalue weighted by atomic mass is 10.1. The summed E-state index contributed by atoms with van der Waals surface area (Å²) in [6.07, 6.45) is 7.35. The van der Waals surface area contributed by atoms with Crippen LogP contribution in [0.1, 0.15) is 51.0 Å². The molecule has 162 valence electrons. The Morgan fingerprint density at radius 2 is 1.83 bits per heavy atom. The summed E-state index contributed by atoms with van der Waals surface area (Å²) in [4.78, 5) is 12.9. The number of anilines is 1. The SMILES string of the molecule is Cc1ccc(NC(=O)[C@H](C)[NH2+]C2CCCCCC2)cc1S(=O)(=O)N1CCOCC1. The fourth-order valence-electron chi connectivity index (χ4n) is 4.14. The Kier molecular flexibility index (Phi) is 7.67. The largest absolute Gasteiger partial charge is 0.379 e. The highest BCUT2D eigenvalue weighted by molar-refractivity contribution is 7.89. The van der Waals surface area contributed by atoms with E-state index >= 15 is 0 Å². The van der Waals surface area contributed by atoms with Crippen molar-refractivity contribution in [1.82, 2.24) is 4.31 Å². The van der Waals surface area contributed by atoms with Crippen LogP contribution in [-0.2, 0) is 19.6 Å². The number of morpholine rings is 1. The van der Waals surface area contributed by atoms with E-state index in [1.54, 1.807) is 25.1 Å². The topological polar surface area (TPSA) is 92.3 Å². The molecule has 8 heteroatoms. The van der Waals surface area contributed by atoms with Crippen LogP contribution in [-0.4, -0.2) is 57.0 Å². The molecule has 1 aromatic carbocycles. The van der Waals surface area contributed by atoms with Crippen LogP contribution >= 0.6 is 0 Å². The van der Waals surface area contributed by atoms with E-state index in [0.29, 0.717) is 43.6 Å². The van der Waals surface area contributed by atoms with Gasteiger partial charge in [-0.1, -0.05) is 18.9 Å². The zero-order chi connectivity index (χ0) is 20.9. The van der Waals surface area contributed by atoms with E-state index in [4.69, 9.17) is 4.74 Å². The number of benzene rings is 1. The van der Waals surface area contributed by atoms with Gasteiger partial charge >= 0.3 is 0 Å². The van der Waals surface area contributed by atoms with E-state index in [-0.39, 0.29) is 16.8 Å². The number of carbonyl (C=O) groups is 1. The Hall–Kier alpha value is -1.48. The predicted octanol–water partition coefficient (Wildman–Crippen LogP) is 1.63. The standard InChI is InChI=1S/C21H33N3O4S/c1-16-9-10-19(15-20(16)29(26,27)24-11-13-28-14-12-24)23-21(25)17(2)22-18-7-5-3-4-6-8-18/h9-10,15,17-18,22H,3-8,11-14H2,1-2H3,(H,23,25)/p+1/t17-/m0/s1. The number of ether oxygens (including phenoxy) is 1. The van der Waals surface area contributed by atoms with Crippen LogP contribution < -0.4 is 10.6 Å². The van der Waals surface area contributed by atoms with Crippen molar-refractivity contribution in [3.05, 3.63) is 23.8 Å². The van der Waals surface area contributed by atoms with Crippen LogP contribution in [0, 0.1) is 6.92 Å². The maximum Gasteiger partial charge on any atom is 0.282 e. The molecule has 0 radical (unpaired) electrons. The maximum absolute atomic E-state index is 13.0. The molecule has 3 N–H and O–H groups in total. The molecule has 1 amide bonds. The van der Waals surface area contributed by atoms with Crippen LogP contribution in [0.4, 0.5) is 5.69 Å². The summed E-state index contributed by atoms with van der Waals surface area (Å²) in [6, 6.07) is 5.38. The van der Waals surface area contributed by atoms with E-state index in [9.17, 15) is 13.2 Å². The number of nitrogens with two attached hydrogens (primary N) is 1. The molecule has 0 bridgehead atoms. The van der Waals surface area contributed by atoms with E-state index in [2.05, 4.69) is 10.6 Å². The second-order valence-electron chi connectivity index (χ2n) is 8.22. The summed E-state index contributed by atoms with van der Waals surface area (Å²) in [7, 11) is -3.60. The van der Waals surface area contributed by atoms with Crippen LogP contribution in [0.3, 0.4) is 0 Å². The number of nitrogens with one attached hydrogen (secondary N) is 1. The maximum atomic E-state index is 13.0. The molecule has 2 aliphatic rings. The van der Waals surface area contributed by atoms with Crippen molar-refractivity contribution in [1.29, 1.82) is 0 Å². The minimum absolute atomic E-state index is 0.0900. The van der Waals surface area contributed by atoms with Crippen molar-refractivity contribution >= 4 is 21.6 Å². The Morgan fingerprint density at radius 1 is 1.17 bits per heavy atom. The quantitative estimate of drug-likeness (QED) is 0.679. The van der Waals surface area contributed by atoms with Crippen molar-refractivity contribution in [2.75, 3.05) is 31.6 Å². The van der Waals surface area contributed by atoms with Crippen molar-refractivity contribution in [3.8, 4) is 0 Å². The normalized spacial score (nSPS) is 20.8. The van der Waals surface area contributed by atoms with Crippen LogP contribution in [0.15, 0.2) is 23.1 Å². The average Bonchev–Trinajstić information content (AvgIpc) is 2.98. The first-order valence-corrected chi connectivity index (χ1v) is 12.2. The molecule has 29 heavy (non-hydrogen) atoms. The molecular formula is C21H34N3O4S+. The van der Waals surface area contributed by atoms with E-state index < -0.39 is 10.0 Å². The molecule has 1 aromatic rings. The molecule has 1 aliphatic carbocycles. The zero-order valence-corrected chi connectivity index (χ0v) is 18.3. The van der Waals surface area contributed by atoms with E-state index in [0.717, 1.165) is 12.8 Å². The molecule has 1 heterocycles. The molecule has 7 nitrogen and oxygen atoms in total. The summed E-state index contributed by atoms with van der Waals surface area (Å²) in [5, 5.41) is 5.08. The number of aryl methyl sites for hydroxylation is 1. The van der Waals surface area contributed by atoms with Crippen LogP contribution in [0.2, 0.25) is 0 Å². The molecule has 1 atom stereocenters. The Labute approximate surface area is 174 Å². The molecule has 0 spiro atoms. The highest BCUT2D eigenvalue weighted by Gasteiger charge is 2.28. The summed E-state index contributed by atoms with van der Waals surface area (Å²) in [6.45, 7) is 5.21. The fourth-order valence-corrected chi connectivity index (χ4v) is 5.80. The summed E-state index contributed by atoms with van der Waals surface area (Å²) < 4.78 is 32.8. The Morgan fingerprint density at radius 3 is 2.48 bits per heavy atom. The van der Waals surface area contributed by atoms with Gasteiger partial charge in [0.2, 0.25) is 10.0 Å². The van der Waals surface area contributed by atoms with Gasteiger partial charge in [-0.15, -0.1) is 0 Å². The molecule has 0 aromatic heterocycles. The van der Waals surface area contributed by atoms with Crippen molar-refractivity contribution in [2.45, 2.75) is 69.4 Å². The first-order chi connectivity index (χ1) is 13.9. The number of quaternary nitrogens is 1. The van der Waals surface area contributed by atoms with Gasteiger partial charge in [-0.05, 0) is 57.2 Å². The summed E-state index contributed by atoms with van der Waals surface area (Å²) in [5.41, 5.74) is 1.20. The second-order valence-corrected chi connectivity index (χ2v) is 10.1. The van der Waals surface area contributed by atoms with Gasteiger partial charge in [-0.3, -0.25) is 4.79 Å². The molecule has 2 fully saturated rings. The second kappa shape index (κ2) is 10.0. The Balaban J connectivity index is 1.67. The minimum atomic E-state index is -3.60. The van der Waals surface area contributed by atoms with Crippen LogP contribution in [0.25, 0.3) is 0 Å². The highest BCUT2D eigenvalue weighted by atomic mass is 32.2. The predicted molar refractivity (Wildman–Crippen MR) is 112 cm³/mol. The number of rotatable bonds is 6. The van der Waals surface area contributed by atoms with Gasteiger partial charge in [-0.2, -0.15) is 4.31 Å². The lowest BCUT2D eigenvalue weighted by Crippen LogP contribution is -2.96. The number of hydrogen-bond acceptors (Lipinski definition) is 4. The zero-order valence-electron chi connectivity index (χ0n) is 17.5. The van der Waals surface area contributed by atoms with E-state index in [1.165, 1.54) is 30.0 Å². The molecule has 1 saturated heterocycles. The van der Waals surface area contributed by atoms with Gasteiger partial charge in [0, 0.05) is 18.8 Å². The third kappa shape index (κ3) is 5.78. The third-order valence-electron chi connectivity index (χ3n) is 5.92. The number of hydrogen-bond donors (Lipinski definition) is 2. The number of carbonyl (C=O) groups excluding carboxylic acids is 1. The van der Waals surface area contributed by atoms with Gasteiger partial charge in [0.1, 0.15) is 0 Å². The first-order valence-electron chi connectivity index (χ1n) is 10.7. The van der Waals surface area contributed by atoms with Gasteiger partial charge < -0.3 is 15.4 Å². The number of sulfonamides is 1. The monoisotopic (exact) mass is 424 g/mol. The smallest absolute Gasteiger partial charge is 0.282 e. The van der Waals surface area contributed by atoms with Crippen LogP contribution in [0.5, 0.6) is 0 Å². The lowest BCUT2D eigenvalue weighted by molar-refractivity contribution is -0.707. The number of amides is 1. The third-order valence-corrected chi connectivity index (χ3v) is 7.96. The first kappa shape index (κ1) is 22.2. The molecule has 3 rings (SSSR count). The van der Waals surface area contributed by atoms with Crippen molar-refractivity contribution < 1.29 is 23.3 Å².